The minimum atomic E-state index is 0.337. The molecule has 1 aliphatic rings. The maximum absolute atomic E-state index is 5.60. The van der Waals surface area contributed by atoms with Gasteiger partial charge in [-0.1, -0.05) is 51.2 Å². The minimum absolute atomic E-state index is 0.337. The lowest BCUT2D eigenvalue weighted by atomic mass is 10.1. The van der Waals surface area contributed by atoms with Gasteiger partial charge in [0.05, 0.1) is 0 Å². The van der Waals surface area contributed by atoms with Gasteiger partial charge in [-0.3, -0.25) is 9.89 Å². The van der Waals surface area contributed by atoms with Gasteiger partial charge in [0.2, 0.25) is 0 Å². The van der Waals surface area contributed by atoms with Crippen LogP contribution in [0.2, 0.25) is 0 Å². The standard InChI is InChI=1S/C16H31N3/c1-2-3-4-5-6-7-8-9-10-11-16-18-13-15-19(16)14-12-17/h9-10,13,16H,2-8,11-12,14-15,17H2,1H3/b10-9+. The molecule has 1 heterocycles. The molecule has 0 aliphatic carbocycles. The predicted molar refractivity (Wildman–Crippen MR) is 84.7 cm³/mol. The summed E-state index contributed by atoms with van der Waals surface area (Å²) < 4.78 is 0. The summed E-state index contributed by atoms with van der Waals surface area (Å²) >= 11 is 0. The van der Waals surface area contributed by atoms with Crippen molar-refractivity contribution in [3.8, 4) is 0 Å². The van der Waals surface area contributed by atoms with E-state index in [-0.39, 0.29) is 0 Å². The molecule has 0 aromatic carbocycles. The van der Waals surface area contributed by atoms with Crippen molar-refractivity contribution >= 4 is 6.21 Å². The van der Waals surface area contributed by atoms with Crippen molar-refractivity contribution in [2.24, 2.45) is 10.7 Å². The average molecular weight is 265 g/mol. The van der Waals surface area contributed by atoms with Crippen LogP contribution in [0.25, 0.3) is 0 Å². The van der Waals surface area contributed by atoms with Gasteiger partial charge in [0.15, 0.2) is 0 Å². The first-order valence-corrected chi connectivity index (χ1v) is 7.99. The Morgan fingerprint density at radius 2 is 2.00 bits per heavy atom. The molecule has 0 saturated carbocycles. The van der Waals surface area contributed by atoms with E-state index in [0.29, 0.717) is 6.17 Å². The lowest BCUT2D eigenvalue weighted by Crippen LogP contribution is -2.34. The molecular formula is C16H31N3. The zero-order valence-electron chi connectivity index (χ0n) is 12.6. The van der Waals surface area contributed by atoms with E-state index in [1.807, 2.05) is 6.21 Å². The van der Waals surface area contributed by atoms with Crippen molar-refractivity contribution in [3.63, 3.8) is 0 Å². The molecule has 3 nitrogen and oxygen atoms in total. The van der Waals surface area contributed by atoms with Gasteiger partial charge in [-0.25, -0.2) is 0 Å². The van der Waals surface area contributed by atoms with Crippen LogP contribution in [0.4, 0.5) is 0 Å². The maximum atomic E-state index is 5.60. The minimum Gasteiger partial charge on any atom is -0.329 e. The summed E-state index contributed by atoms with van der Waals surface area (Å²) in [6, 6.07) is 0. The van der Waals surface area contributed by atoms with E-state index in [9.17, 15) is 0 Å². The fourth-order valence-corrected chi connectivity index (χ4v) is 2.48. The summed E-state index contributed by atoms with van der Waals surface area (Å²) in [6.45, 7) is 4.91. The summed E-state index contributed by atoms with van der Waals surface area (Å²) in [4.78, 5) is 6.84. The Labute approximate surface area is 119 Å². The first-order chi connectivity index (χ1) is 9.38. The van der Waals surface area contributed by atoms with E-state index in [2.05, 4.69) is 29.0 Å². The number of nitrogens with zero attached hydrogens (tertiary/aromatic N) is 2. The summed E-state index contributed by atoms with van der Waals surface area (Å²) in [5.41, 5.74) is 5.60. The first kappa shape index (κ1) is 16.4. The monoisotopic (exact) mass is 265 g/mol. The zero-order chi connectivity index (χ0) is 13.8. The van der Waals surface area contributed by atoms with E-state index in [1.54, 1.807) is 0 Å². The number of rotatable bonds is 11. The number of hydrogen-bond acceptors (Lipinski definition) is 3. The van der Waals surface area contributed by atoms with Crippen molar-refractivity contribution < 1.29 is 0 Å². The zero-order valence-corrected chi connectivity index (χ0v) is 12.6. The van der Waals surface area contributed by atoms with Crippen LogP contribution in [-0.4, -0.2) is 36.9 Å². The molecule has 1 unspecified atom stereocenters. The topological polar surface area (TPSA) is 41.6 Å². The summed E-state index contributed by atoms with van der Waals surface area (Å²) in [5, 5.41) is 0. The molecule has 0 bridgehead atoms. The van der Waals surface area contributed by atoms with Gasteiger partial charge in [-0.15, -0.1) is 0 Å². The quantitative estimate of drug-likeness (QED) is 0.460. The fraction of sp³-hybridized carbons (Fsp3) is 0.812. The predicted octanol–water partition coefficient (Wildman–Crippen LogP) is 3.35. The molecule has 1 rings (SSSR count). The average Bonchev–Trinajstić information content (AvgIpc) is 2.85. The molecule has 0 aromatic heterocycles. The van der Waals surface area contributed by atoms with Crippen LogP contribution in [0.5, 0.6) is 0 Å². The molecule has 0 saturated heterocycles. The van der Waals surface area contributed by atoms with Crippen LogP contribution in [0, 0.1) is 0 Å². The van der Waals surface area contributed by atoms with E-state index in [4.69, 9.17) is 5.73 Å². The Bertz CT molecular complexity index is 261. The maximum Gasteiger partial charge on any atom is 0.105 e. The second-order valence-electron chi connectivity index (χ2n) is 5.36. The van der Waals surface area contributed by atoms with Gasteiger partial charge in [0, 0.05) is 32.3 Å². The van der Waals surface area contributed by atoms with E-state index >= 15 is 0 Å². The highest BCUT2D eigenvalue weighted by molar-refractivity contribution is 5.62. The van der Waals surface area contributed by atoms with Crippen LogP contribution >= 0.6 is 0 Å². The lowest BCUT2D eigenvalue weighted by Gasteiger charge is -2.20. The number of allylic oxidation sites excluding steroid dienone is 1. The molecule has 0 radical (unpaired) electrons. The molecule has 2 N–H and O–H groups in total. The Kier molecular flexibility index (Phi) is 9.64. The van der Waals surface area contributed by atoms with E-state index in [1.165, 1.54) is 44.9 Å². The third kappa shape index (κ3) is 7.48. The number of aliphatic imine (C=N–C) groups is 1. The third-order valence-electron chi connectivity index (χ3n) is 3.67. The SMILES string of the molecule is CCCCCCCC/C=C/CC1N=CCN1CCN. The van der Waals surface area contributed by atoms with Gasteiger partial charge in [0.25, 0.3) is 0 Å². The molecule has 0 amide bonds. The summed E-state index contributed by atoms with van der Waals surface area (Å²) in [7, 11) is 0. The van der Waals surface area contributed by atoms with Crippen LogP contribution in [0.15, 0.2) is 17.1 Å². The van der Waals surface area contributed by atoms with E-state index < -0.39 is 0 Å². The second kappa shape index (κ2) is 11.2. The molecule has 1 atom stereocenters. The van der Waals surface area contributed by atoms with Crippen molar-refractivity contribution in [3.05, 3.63) is 12.2 Å². The number of nitrogens with two attached hydrogens (primary N) is 1. The normalized spacial score (nSPS) is 19.8. The van der Waals surface area contributed by atoms with Crippen molar-refractivity contribution in [2.75, 3.05) is 19.6 Å². The van der Waals surface area contributed by atoms with Gasteiger partial charge in [-0.2, -0.15) is 0 Å². The Hall–Kier alpha value is -0.670. The summed E-state index contributed by atoms with van der Waals surface area (Å²) in [5.74, 6) is 0. The molecule has 3 heteroatoms. The van der Waals surface area contributed by atoms with Crippen molar-refractivity contribution in [1.29, 1.82) is 0 Å². The number of hydrogen-bond donors (Lipinski definition) is 1. The molecule has 0 spiro atoms. The molecule has 110 valence electrons. The summed E-state index contributed by atoms with van der Waals surface area (Å²) in [6.07, 6.45) is 17.5. The Balaban J connectivity index is 1.99. The van der Waals surface area contributed by atoms with E-state index in [0.717, 1.165) is 26.1 Å². The van der Waals surface area contributed by atoms with Gasteiger partial charge < -0.3 is 5.73 Å². The Morgan fingerprint density at radius 3 is 2.79 bits per heavy atom. The van der Waals surface area contributed by atoms with Crippen molar-refractivity contribution in [2.45, 2.75) is 64.5 Å². The molecular weight excluding hydrogens is 234 g/mol. The lowest BCUT2D eigenvalue weighted by molar-refractivity contribution is 0.259. The highest BCUT2D eigenvalue weighted by Gasteiger charge is 2.18. The van der Waals surface area contributed by atoms with Crippen LogP contribution in [-0.2, 0) is 0 Å². The second-order valence-corrected chi connectivity index (χ2v) is 5.36. The number of unbranched alkanes of at least 4 members (excludes halogenated alkanes) is 6. The molecule has 0 fully saturated rings. The highest BCUT2D eigenvalue weighted by atomic mass is 15.3. The smallest absolute Gasteiger partial charge is 0.105 e. The Morgan fingerprint density at radius 1 is 1.21 bits per heavy atom. The van der Waals surface area contributed by atoms with Crippen LogP contribution in [0.1, 0.15) is 58.3 Å². The third-order valence-corrected chi connectivity index (χ3v) is 3.67. The van der Waals surface area contributed by atoms with Gasteiger partial charge in [0.1, 0.15) is 6.17 Å². The largest absolute Gasteiger partial charge is 0.329 e. The highest BCUT2D eigenvalue weighted by Crippen LogP contribution is 2.12. The molecule has 1 aliphatic heterocycles. The van der Waals surface area contributed by atoms with Crippen LogP contribution < -0.4 is 5.73 Å². The van der Waals surface area contributed by atoms with Crippen molar-refractivity contribution in [1.82, 2.24) is 4.90 Å². The van der Waals surface area contributed by atoms with Gasteiger partial charge >= 0.3 is 0 Å². The fourth-order valence-electron chi connectivity index (χ4n) is 2.48. The van der Waals surface area contributed by atoms with Crippen LogP contribution in [0.3, 0.4) is 0 Å². The first-order valence-electron chi connectivity index (χ1n) is 7.99. The molecule has 0 aromatic rings. The van der Waals surface area contributed by atoms with Gasteiger partial charge in [-0.05, 0) is 12.8 Å². The molecule has 19 heavy (non-hydrogen) atoms.